The molecule has 2 atom stereocenters. The smallest absolute Gasteiger partial charge is 0.305 e. The molecule has 0 aromatic rings. The Balaban J connectivity index is 3.32. The van der Waals surface area contributed by atoms with Gasteiger partial charge in [0.05, 0.1) is 25.4 Å². The number of unbranched alkanes of at least 4 members (excludes halogenated alkanes) is 66. The van der Waals surface area contributed by atoms with Gasteiger partial charge in [0.15, 0.2) is 0 Å². The van der Waals surface area contributed by atoms with Crippen LogP contribution in [-0.4, -0.2) is 47.4 Å². The van der Waals surface area contributed by atoms with Gasteiger partial charge in [0, 0.05) is 12.8 Å². The first-order valence-corrected chi connectivity index (χ1v) is 41.6. The van der Waals surface area contributed by atoms with Crippen LogP contribution in [0.15, 0.2) is 24.3 Å². The van der Waals surface area contributed by atoms with E-state index >= 15 is 0 Å². The molecule has 90 heavy (non-hydrogen) atoms. The summed E-state index contributed by atoms with van der Waals surface area (Å²) in [5, 5.41) is 23.3. The molecule has 6 heteroatoms. The summed E-state index contributed by atoms with van der Waals surface area (Å²) in [6, 6.07) is -0.624. The number of amides is 1. The maximum Gasteiger partial charge on any atom is 0.305 e. The summed E-state index contributed by atoms with van der Waals surface area (Å²) < 4.78 is 5.51. The van der Waals surface area contributed by atoms with Gasteiger partial charge in [-0.05, 0) is 57.8 Å². The second-order valence-corrected chi connectivity index (χ2v) is 28.8. The highest BCUT2D eigenvalue weighted by molar-refractivity contribution is 5.76. The summed E-state index contributed by atoms with van der Waals surface area (Å²) in [4.78, 5) is 24.6. The number of aliphatic hydroxyl groups excluding tert-OH is 2. The summed E-state index contributed by atoms with van der Waals surface area (Å²) in [5.41, 5.74) is 0. The zero-order valence-corrected chi connectivity index (χ0v) is 61.4. The highest BCUT2D eigenvalue weighted by Crippen LogP contribution is 2.20. The summed E-state index contributed by atoms with van der Waals surface area (Å²) in [5.74, 6) is -0.0406. The maximum atomic E-state index is 12.5. The molecular formula is C84H163NO5. The van der Waals surface area contributed by atoms with E-state index < -0.39 is 12.1 Å². The highest BCUT2D eigenvalue weighted by atomic mass is 16.5. The Hall–Kier alpha value is -1.66. The number of nitrogens with one attached hydrogen (secondary N) is 1. The molecule has 0 aliphatic heterocycles. The third kappa shape index (κ3) is 75.4. The van der Waals surface area contributed by atoms with Gasteiger partial charge in [-0.25, -0.2) is 0 Å². The lowest BCUT2D eigenvalue weighted by Crippen LogP contribution is -2.45. The third-order valence-electron chi connectivity index (χ3n) is 19.7. The maximum absolute atomic E-state index is 12.5. The molecule has 0 aliphatic carbocycles. The fraction of sp³-hybridized carbons (Fsp3) is 0.929. The summed E-state index contributed by atoms with van der Waals surface area (Å²) in [6.07, 6.45) is 103. The van der Waals surface area contributed by atoms with Crippen molar-refractivity contribution in [3.05, 3.63) is 24.3 Å². The molecule has 0 bridgehead atoms. The van der Waals surface area contributed by atoms with Crippen LogP contribution in [0.25, 0.3) is 0 Å². The number of hydrogen-bond donors (Lipinski definition) is 3. The Morgan fingerprint density at radius 3 is 0.789 bits per heavy atom. The van der Waals surface area contributed by atoms with Crippen molar-refractivity contribution < 1.29 is 24.5 Å². The lowest BCUT2D eigenvalue weighted by Gasteiger charge is -2.20. The first-order chi connectivity index (χ1) is 44.5. The number of allylic oxidation sites excluding steroid dienone is 3. The molecular weight excluding hydrogens is 1100 g/mol. The first kappa shape index (κ1) is 88.3. The van der Waals surface area contributed by atoms with E-state index in [9.17, 15) is 19.8 Å². The number of aliphatic hydroxyl groups is 2. The van der Waals surface area contributed by atoms with Crippen molar-refractivity contribution in [2.75, 3.05) is 13.2 Å². The van der Waals surface area contributed by atoms with Gasteiger partial charge >= 0.3 is 5.97 Å². The molecule has 3 N–H and O–H groups in total. The average Bonchev–Trinajstić information content (AvgIpc) is 3.68. The molecule has 0 radical (unpaired) electrons. The van der Waals surface area contributed by atoms with Crippen molar-refractivity contribution in [2.24, 2.45) is 0 Å². The molecule has 0 aromatic carbocycles. The molecule has 6 nitrogen and oxygen atoms in total. The zero-order valence-electron chi connectivity index (χ0n) is 61.4. The molecule has 0 saturated heterocycles. The van der Waals surface area contributed by atoms with Crippen molar-refractivity contribution in [1.82, 2.24) is 5.32 Å². The van der Waals surface area contributed by atoms with E-state index in [-0.39, 0.29) is 18.5 Å². The first-order valence-electron chi connectivity index (χ1n) is 41.6. The Morgan fingerprint density at radius 2 is 0.522 bits per heavy atom. The Labute approximate surface area is 564 Å². The average molecular weight is 1270 g/mol. The van der Waals surface area contributed by atoms with E-state index in [0.29, 0.717) is 19.4 Å². The van der Waals surface area contributed by atoms with Crippen LogP contribution in [0.3, 0.4) is 0 Å². The van der Waals surface area contributed by atoms with Gasteiger partial charge in [0.2, 0.25) is 5.91 Å². The quantitative estimate of drug-likeness (QED) is 0.0320. The third-order valence-corrected chi connectivity index (χ3v) is 19.7. The Bertz CT molecular complexity index is 1410. The highest BCUT2D eigenvalue weighted by Gasteiger charge is 2.18. The molecule has 0 fully saturated rings. The van der Waals surface area contributed by atoms with Crippen molar-refractivity contribution in [3.8, 4) is 0 Å². The van der Waals surface area contributed by atoms with Crippen molar-refractivity contribution >= 4 is 11.9 Å². The molecule has 2 unspecified atom stereocenters. The fourth-order valence-electron chi connectivity index (χ4n) is 13.4. The molecule has 0 heterocycles. The van der Waals surface area contributed by atoms with Crippen LogP contribution >= 0.6 is 0 Å². The van der Waals surface area contributed by atoms with Crippen LogP contribution in [0.1, 0.15) is 476 Å². The summed E-state index contributed by atoms with van der Waals surface area (Å²) in [7, 11) is 0. The van der Waals surface area contributed by atoms with Gasteiger partial charge in [0.25, 0.3) is 0 Å². The van der Waals surface area contributed by atoms with Gasteiger partial charge in [-0.3, -0.25) is 9.59 Å². The predicted molar refractivity (Wildman–Crippen MR) is 398 cm³/mol. The summed E-state index contributed by atoms with van der Waals surface area (Å²) >= 11 is 0. The van der Waals surface area contributed by atoms with Crippen LogP contribution in [-0.2, 0) is 14.3 Å². The molecule has 0 saturated carbocycles. The van der Waals surface area contributed by atoms with Gasteiger partial charge in [-0.1, -0.05) is 430 Å². The molecule has 534 valence electrons. The molecule has 1 amide bonds. The minimum atomic E-state index is -0.841. The fourth-order valence-corrected chi connectivity index (χ4v) is 13.4. The van der Waals surface area contributed by atoms with E-state index in [4.69, 9.17) is 4.74 Å². The van der Waals surface area contributed by atoms with Gasteiger partial charge in [-0.15, -0.1) is 0 Å². The van der Waals surface area contributed by atoms with Gasteiger partial charge in [-0.2, -0.15) is 0 Å². The normalized spacial score (nSPS) is 12.5. The number of esters is 1. The molecule has 0 aliphatic rings. The lowest BCUT2D eigenvalue weighted by molar-refractivity contribution is -0.143. The van der Waals surface area contributed by atoms with E-state index in [1.54, 1.807) is 6.08 Å². The molecule has 0 rings (SSSR count). The molecule has 0 spiro atoms. The zero-order chi connectivity index (χ0) is 64.9. The predicted octanol–water partition coefficient (Wildman–Crippen LogP) is 27.6. The lowest BCUT2D eigenvalue weighted by atomic mass is 10.0. The largest absolute Gasteiger partial charge is 0.466 e. The number of carbonyl (C=O) groups is 2. The van der Waals surface area contributed by atoms with Gasteiger partial charge in [0.1, 0.15) is 0 Å². The second kappa shape index (κ2) is 79.8. The van der Waals surface area contributed by atoms with E-state index in [1.807, 2.05) is 6.08 Å². The van der Waals surface area contributed by atoms with Crippen LogP contribution < -0.4 is 5.32 Å². The monoisotopic (exact) mass is 1270 g/mol. The van der Waals surface area contributed by atoms with Crippen LogP contribution in [0.5, 0.6) is 0 Å². The van der Waals surface area contributed by atoms with Gasteiger partial charge < -0.3 is 20.3 Å². The second-order valence-electron chi connectivity index (χ2n) is 28.8. The number of carbonyl (C=O) groups excluding carboxylic acids is 2. The minimum Gasteiger partial charge on any atom is -0.466 e. The SMILES string of the molecule is CCCCCCCCC/C=C\CCCCCCCC(=O)OCCCCCCCCCCCCCCCCCCCCCCCCCCCCCCCCCCCCCCCC(=O)NC(CO)C(O)/C=C/CCCCCCCCCCCCCCCCCCCC. The number of rotatable bonds is 79. The number of ether oxygens (including phenoxy) is 1. The topological polar surface area (TPSA) is 95.9 Å². The van der Waals surface area contributed by atoms with Crippen LogP contribution in [0, 0.1) is 0 Å². The van der Waals surface area contributed by atoms with E-state index in [2.05, 4.69) is 31.3 Å². The Morgan fingerprint density at radius 1 is 0.300 bits per heavy atom. The van der Waals surface area contributed by atoms with Crippen molar-refractivity contribution in [2.45, 2.75) is 488 Å². The van der Waals surface area contributed by atoms with E-state index in [0.717, 1.165) is 44.9 Å². The standard InChI is InChI=1S/C84H163NO5/c1-3-5-7-9-11-13-15-17-19-21-22-42-45-48-52-56-60-64-68-72-76-82(87)81(80-86)85-83(88)77-73-69-65-61-57-53-49-46-43-40-38-36-34-32-30-28-26-24-23-25-27-29-31-33-35-37-39-41-44-47-51-55-59-63-67-71-75-79-90-84(89)78-74-70-66-62-58-54-50-20-18-16-14-12-10-8-6-4-2/h20,50,72,76,81-82,86-87H,3-19,21-49,51-71,73-75,77-80H2,1-2H3,(H,85,88)/b50-20-,76-72+. The number of hydrogen-bond acceptors (Lipinski definition) is 5. The molecule has 0 aromatic heterocycles. The Kier molecular flexibility index (Phi) is 78.3. The minimum absolute atomic E-state index is 0.0168. The van der Waals surface area contributed by atoms with Crippen LogP contribution in [0.4, 0.5) is 0 Å². The van der Waals surface area contributed by atoms with Crippen molar-refractivity contribution in [3.63, 3.8) is 0 Å². The van der Waals surface area contributed by atoms with Crippen LogP contribution in [0.2, 0.25) is 0 Å². The van der Waals surface area contributed by atoms with E-state index in [1.165, 1.54) is 405 Å². The summed E-state index contributed by atoms with van der Waals surface area (Å²) in [6.45, 7) is 4.95. The van der Waals surface area contributed by atoms with Crippen molar-refractivity contribution in [1.29, 1.82) is 0 Å².